The molecule has 0 aromatic carbocycles. The Hall–Kier alpha value is -2.04. The van der Waals surface area contributed by atoms with E-state index < -0.39 is 10.2 Å². The largest absolute Gasteiger partial charge is 0.345 e. The highest BCUT2D eigenvalue weighted by molar-refractivity contribution is 7.87. The molecule has 2 aliphatic rings. The fourth-order valence-corrected chi connectivity index (χ4v) is 5.50. The SMILES string of the molecule is C[C@@H]1CN(S(=O)(=O)NC2CCC2)C[C@@H]1c1nnc2cnc3[nH]ccc3n12. The lowest BCUT2D eigenvalue weighted by atomic mass is 9.94. The maximum absolute atomic E-state index is 12.7. The molecule has 4 heterocycles. The Labute approximate surface area is 151 Å². The Kier molecular flexibility index (Phi) is 3.56. The van der Waals surface area contributed by atoms with Crippen molar-refractivity contribution in [3.05, 3.63) is 24.3 Å². The number of rotatable bonds is 4. The lowest BCUT2D eigenvalue weighted by molar-refractivity contribution is 0.365. The van der Waals surface area contributed by atoms with Gasteiger partial charge in [0, 0.05) is 31.2 Å². The fraction of sp³-hybridized carbons (Fsp3) is 0.562. The molecule has 10 heteroatoms. The predicted octanol–water partition coefficient (Wildman–Crippen LogP) is 1.03. The van der Waals surface area contributed by atoms with Gasteiger partial charge in [0.2, 0.25) is 0 Å². The van der Waals surface area contributed by atoms with E-state index in [1.165, 1.54) is 0 Å². The molecule has 0 bridgehead atoms. The number of nitrogens with zero attached hydrogens (tertiary/aromatic N) is 5. The van der Waals surface area contributed by atoms with E-state index in [4.69, 9.17) is 0 Å². The molecular formula is C16H21N7O2S. The normalized spacial score (nSPS) is 25.3. The zero-order valence-corrected chi connectivity index (χ0v) is 15.3. The van der Waals surface area contributed by atoms with Crippen LogP contribution in [0.4, 0.5) is 0 Å². The highest BCUT2D eigenvalue weighted by atomic mass is 32.2. The van der Waals surface area contributed by atoms with Gasteiger partial charge in [-0.15, -0.1) is 10.2 Å². The zero-order valence-electron chi connectivity index (χ0n) is 14.5. The van der Waals surface area contributed by atoms with Crippen molar-refractivity contribution < 1.29 is 8.42 Å². The summed E-state index contributed by atoms with van der Waals surface area (Å²) in [7, 11) is -3.45. The van der Waals surface area contributed by atoms with Crippen LogP contribution in [0.1, 0.15) is 37.9 Å². The molecule has 1 aliphatic heterocycles. The summed E-state index contributed by atoms with van der Waals surface area (Å²) in [6.07, 6.45) is 6.47. The van der Waals surface area contributed by atoms with Gasteiger partial charge in [0.15, 0.2) is 11.3 Å². The highest BCUT2D eigenvalue weighted by Gasteiger charge is 2.40. The van der Waals surface area contributed by atoms with Crippen LogP contribution < -0.4 is 4.72 Å². The molecule has 3 aromatic heterocycles. The van der Waals surface area contributed by atoms with Crippen molar-refractivity contribution in [3.8, 4) is 0 Å². The summed E-state index contributed by atoms with van der Waals surface area (Å²) in [4.78, 5) is 7.43. The van der Waals surface area contributed by atoms with Gasteiger partial charge in [-0.25, -0.2) is 4.98 Å². The van der Waals surface area contributed by atoms with Crippen LogP contribution >= 0.6 is 0 Å². The summed E-state index contributed by atoms with van der Waals surface area (Å²) in [6, 6.07) is 2.03. The predicted molar refractivity (Wildman–Crippen MR) is 95.8 cm³/mol. The Morgan fingerprint density at radius 1 is 1.27 bits per heavy atom. The summed E-state index contributed by atoms with van der Waals surface area (Å²) >= 11 is 0. The minimum atomic E-state index is -3.45. The number of hydrogen-bond acceptors (Lipinski definition) is 5. The third-order valence-electron chi connectivity index (χ3n) is 5.64. The molecule has 2 N–H and O–H groups in total. The molecule has 0 spiro atoms. The summed E-state index contributed by atoms with van der Waals surface area (Å²) in [5, 5.41) is 8.62. The van der Waals surface area contributed by atoms with E-state index in [1.54, 1.807) is 10.5 Å². The first-order valence-electron chi connectivity index (χ1n) is 8.97. The number of H-pyrrole nitrogens is 1. The van der Waals surface area contributed by atoms with Gasteiger partial charge in [-0.1, -0.05) is 13.3 Å². The van der Waals surface area contributed by atoms with E-state index in [0.29, 0.717) is 18.7 Å². The Balaban J connectivity index is 1.49. The van der Waals surface area contributed by atoms with E-state index >= 15 is 0 Å². The summed E-state index contributed by atoms with van der Waals surface area (Å²) < 4.78 is 31.7. The van der Waals surface area contributed by atoms with Gasteiger partial charge < -0.3 is 4.98 Å². The van der Waals surface area contributed by atoms with E-state index in [2.05, 4.69) is 31.8 Å². The first-order chi connectivity index (χ1) is 12.5. The van der Waals surface area contributed by atoms with Crippen LogP contribution in [0.15, 0.2) is 18.5 Å². The van der Waals surface area contributed by atoms with E-state index in [0.717, 1.165) is 36.3 Å². The molecule has 1 saturated heterocycles. The topological polar surface area (TPSA) is 108 Å². The molecule has 1 aliphatic carbocycles. The molecule has 1 saturated carbocycles. The van der Waals surface area contributed by atoms with Gasteiger partial charge in [-0.05, 0) is 24.8 Å². The van der Waals surface area contributed by atoms with Crippen molar-refractivity contribution in [2.45, 2.75) is 38.1 Å². The summed E-state index contributed by atoms with van der Waals surface area (Å²) in [5.74, 6) is 0.937. The lowest BCUT2D eigenvalue weighted by Crippen LogP contribution is -2.47. The molecule has 2 atom stereocenters. The number of hydrogen-bond donors (Lipinski definition) is 2. The Morgan fingerprint density at radius 3 is 2.88 bits per heavy atom. The minimum Gasteiger partial charge on any atom is -0.345 e. The molecule has 26 heavy (non-hydrogen) atoms. The van der Waals surface area contributed by atoms with Crippen molar-refractivity contribution in [1.29, 1.82) is 0 Å². The van der Waals surface area contributed by atoms with E-state index in [9.17, 15) is 8.42 Å². The van der Waals surface area contributed by atoms with Crippen LogP contribution in [-0.4, -0.2) is 56.4 Å². The van der Waals surface area contributed by atoms with Gasteiger partial charge in [-0.3, -0.25) is 4.40 Å². The molecule has 0 amide bonds. The quantitative estimate of drug-likeness (QED) is 0.708. The number of nitrogens with one attached hydrogen (secondary N) is 2. The highest BCUT2D eigenvalue weighted by Crippen LogP contribution is 2.34. The average Bonchev–Trinajstić information content (AvgIpc) is 3.27. The smallest absolute Gasteiger partial charge is 0.279 e. The van der Waals surface area contributed by atoms with Crippen molar-refractivity contribution in [2.75, 3.05) is 13.1 Å². The fourth-order valence-electron chi connectivity index (χ4n) is 3.90. The second-order valence-electron chi connectivity index (χ2n) is 7.37. The van der Waals surface area contributed by atoms with E-state index in [-0.39, 0.29) is 17.9 Å². The second kappa shape index (κ2) is 5.73. The summed E-state index contributed by atoms with van der Waals surface area (Å²) in [5.41, 5.74) is 2.34. The molecule has 5 rings (SSSR count). The zero-order chi connectivity index (χ0) is 17.9. The first kappa shape index (κ1) is 16.2. The van der Waals surface area contributed by atoms with Crippen molar-refractivity contribution >= 4 is 27.0 Å². The van der Waals surface area contributed by atoms with Gasteiger partial charge in [-0.2, -0.15) is 17.4 Å². The van der Waals surface area contributed by atoms with Gasteiger partial charge in [0.25, 0.3) is 10.2 Å². The Bertz CT molecular complexity index is 1070. The maximum atomic E-state index is 12.7. The number of aromatic amines is 1. The monoisotopic (exact) mass is 375 g/mol. The third-order valence-corrected chi connectivity index (χ3v) is 7.25. The van der Waals surface area contributed by atoms with E-state index in [1.807, 2.05) is 16.7 Å². The van der Waals surface area contributed by atoms with Crippen LogP contribution in [0.5, 0.6) is 0 Å². The molecule has 9 nitrogen and oxygen atoms in total. The van der Waals surface area contributed by atoms with Crippen LogP contribution in [0.3, 0.4) is 0 Å². The first-order valence-corrected chi connectivity index (χ1v) is 10.4. The Morgan fingerprint density at radius 2 is 2.12 bits per heavy atom. The van der Waals surface area contributed by atoms with Crippen LogP contribution in [0.25, 0.3) is 16.8 Å². The average molecular weight is 375 g/mol. The van der Waals surface area contributed by atoms with Crippen molar-refractivity contribution in [1.82, 2.24) is 33.6 Å². The number of fused-ring (bicyclic) bond motifs is 3. The summed E-state index contributed by atoms with van der Waals surface area (Å²) in [6.45, 7) is 2.97. The molecule has 3 aromatic rings. The van der Waals surface area contributed by atoms with Gasteiger partial charge in [0.05, 0.1) is 11.7 Å². The second-order valence-corrected chi connectivity index (χ2v) is 9.08. The van der Waals surface area contributed by atoms with Gasteiger partial charge >= 0.3 is 0 Å². The van der Waals surface area contributed by atoms with Crippen LogP contribution in [-0.2, 0) is 10.2 Å². The molecular weight excluding hydrogens is 354 g/mol. The van der Waals surface area contributed by atoms with Crippen LogP contribution in [0.2, 0.25) is 0 Å². The molecule has 138 valence electrons. The van der Waals surface area contributed by atoms with Crippen molar-refractivity contribution in [3.63, 3.8) is 0 Å². The standard InChI is InChI=1S/C16H21N7O2S/c1-10-8-22(26(24,25)21-11-3-2-4-11)9-12(10)16-20-19-14-7-18-15-13(23(14)16)5-6-17-15/h5-7,10-12,17,21H,2-4,8-9H2,1H3/t10-,12+/m1/s1. The molecule has 0 unspecified atom stereocenters. The minimum absolute atomic E-state index is 0.0107. The lowest BCUT2D eigenvalue weighted by Gasteiger charge is -2.28. The maximum Gasteiger partial charge on any atom is 0.279 e. The molecule has 2 fully saturated rings. The van der Waals surface area contributed by atoms with Crippen molar-refractivity contribution in [2.24, 2.45) is 5.92 Å². The van der Waals surface area contributed by atoms with Gasteiger partial charge in [0.1, 0.15) is 5.82 Å². The third kappa shape index (κ3) is 2.43. The molecule has 0 radical (unpaired) electrons. The van der Waals surface area contributed by atoms with Crippen LogP contribution in [0, 0.1) is 5.92 Å². The number of aromatic nitrogens is 5.